The maximum absolute atomic E-state index is 12.5. The van der Waals surface area contributed by atoms with Crippen molar-refractivity contribution in [3.8, 4) is 0 Å². The molecule has 13 heteroatoms. The summed E-state index contributed by atoms with van der Waals surface area (Å²) in [5, 5.41) is 15.3. The highest BCUT2D eigenvalue weighted by Gasteiger charge is 2.22. The third-order valence-electron chi connectivity index (χ3n) is 4.98. The molecule has 0 bridgehead atoms. The smallest absolute Gasteiger partial charge is 0.326 e. The van der Waals surface area contributed by atoms with Crippen LogP contribution in [0.2, 0.25) is 15.1 Å². The maximum Gasteiger partial charge on any atom is 0.326 e. The van der Waals surface area contributed by atoms with Crippen LogP contribution >= 0.6 is 34.8 Å². The minimum atomic E-state index is -3.63. The number of pyridine rings is 2. The second kappa shape index (κ2) is 11.9. The van der Waals surface area contributed by atoms with Gasteiger partial charge in [0.2, 0.25) is 0 Å². The van der Waals surface area contributed by atoms with Gasteiger partial charge in [0, 0.05) is 36.8 Å². The van der Waals surface area contributed by atoms with Crippen LogP contribution < -0.4 is 10.6 Å². The Labute approximate surface area is 222 Å². The van der Waals surface area contributed by atoms with E-state index < -0.39 is 27.8 Å². The van der Waals surface area contributed by atoms with Crippen LogP contribution in [-0.2, 0) is 21.1 Å². The number of hydrogen-bond acceptors (Lipinski definition) is 7. The Morgan fingerprint density at radius 2 is 1.67 bits per heavy atom. The maximum atomic E-state index is 12.5. The van der Waals surface area contributed by atoms with E-state index in [0.29, 0.717) is 17.7 Å². The molecule has 0 aliphatic carbocycles. The summed E-state index contributed by atoms with van der Waals surface area (Å²) in [6, 6.07) is 6.62. The van der Waals surface area contributed by atoms with Gasteiger partial charge in [-0.1, -0.05) is 53.9 Å². The van der Waals surface area contributed by atoms with Gasteiger partial charge in [0.25, 0.3) is 5.91 Å². The van der Waals surface area contributed by atoms with Gasteiger partial charge in [0.1, 0.15) is 11.9 Å². The van der Waals surface area contributed by atoms with Gasteiger partial charge in [0.05, 0.1) is 31.3 Å². The number of aromatic nitrogens is 2. The minimum absolute atomic E-state index is 0.0344. The fourth-order valence-corrected chi connectivity index (χ4v) is 5.67. The predicted molar refractivity (Wildman–Crippen MR) is 139 cm³/mol. The summed E-state index contributed by atoms with van der Waals surface area (Å²) in [5.41, 5.74) is 1.17. The molecule has 1 amide bonds. The highest BCUT2D eigenvalue weighted by atomic mass is 35.5. The lowest BCUT2D eigenvalue weighted by molar-refractivity contribution is -0.137. The zero-order valence-electron chi connectivity index (χ0n) is 18.8. The summed E-state index contributed by atoms with van der Waals surface area (Å²) in [6.07, 6.45) is 4.24. The second-order valence-corrected chi connectivity index (χ2v) is 11.0. The Hall–Kier alpha value is -2.92. The van der Waals surface area contributed by atoms with Crippen molar-refractivity contribution < 1.29 is 23.1 Å². The largest absolute Gasteiger partial charge is 0.480 e. The number of aliphatic carboxylic acids is 1. The summed E-state index contributed by atoms with van der Waals surface area (Å²) in [7, 11) is -3.63. The first kappa shape index (κ1) is 27.7. The van der Waals surface area contributed by atoms with Crippen molar-refractivity contribution in [2.75, 3.05) is 16.4 Å². The highest BCUT2D eigenvalue weighted by Crippen LogP contribution is 2.26. The van der Waals surface area contributed by atoms with Gasteiger partial charge >= 0.3 is 5.97 Å². The van der Waals surface area contributed by atoms with Crippen LogP contribution in [0.25, 0.3) is 0 Å². The zero-order valence-corrected chi connectivity index (χ0v) is 21.9. The molecule has 2 heterocycles. The number of carbonyl (C=O) groups is 2. The predicted octanol–water partition coefficient (Wildman–Crippen LogP) is 4.98. The molecule has 0 aliphatic heterocycles. The quantitative estimate of drug-likeness (QED) is 0.310. The average molecular weight is 572 g/mol. The fraction of sp³-hybridized carbons (Fsp3) is 0.217. The number of sulfone groups is 1. The Kier molecular flexibility index (Phi) is 9.13. The highest BCUT2D eigenvalue weighted by molar-refractivity contribution is 7.91. The molecule has 0 radical (unpaired) electrons. The van der Waals surface area contributed by atoms with Crippen LogP contribution in [0, 0.1) is 0 Å². The molecule has 36 heavy (non-hydrogen) atoms. The number of carboxylic acid groups (broad SMARTS) is 1. The number of benzene rings is 1. The molecular formula is C23H21Cl3N4O5S. The van der Waals surface area contributed by atoms with Gasteiger partial charge in [-0.25, -0.2) is 18.2 Å². The molecule has 9 nitrogen and oxygen atoms in total. The second-order valence-electron chi connectivity index (χ2n) is 7.69. The Morgan fingerprint density at radius 1 is 1.03 bits per heavy atom. The first-order chi connectivity index (χ1) is 17.0. The van der Waals surface area contributed by atoms with Gasteiger partial charge in [-0.05, 0) is 24.1 Å². The van der Waals surface area contributed by atoms with E-state index in [1.54, 1.807) is 31.2 Å². The monoisotopic (exact) mass is 570 g/mol. The van der Waals surface area contributed by atoms with E-state index in [9.17, 15) is 23.1 Å². The number of rotatable bonds is 10. The molecule has 0 aliphatic rings. The molecule has 3 aromatic rings. The summed E-state index contributed by atoms with van der Waals surface area (Å²) < 4.78 is 24.9. The average Bonchev–Trinajstić information content (AvgIpc) is 2.80. The van der Waals surface area contributed by atoms with Crippen molar-refractivity contribution in [3.63, 3.8) is 0 Å². The first-order valence-corrected chi connectivity index (χ1v) is 13.4. The Bertz CT molecular complexity index is 1360. The molecule has 1 aromatic carbocycles. The van der Waals surface area contributed by atoms with Crippen molar-refractivity contribution >= 4 is 68.0 Å². The van der Waals surface area contributed by atoms with Crippen molar-refractivity contribution in [3.05, 3.63) is 75.1 Å². The molecular weight excluding hydrogens is 551 g/mol. The zero-order chi connectivity index (χ0) is 26.5. The van der Waals surface area contributed by atoms with Crippen molar-refractivity contribution in [1.82, 2.24) is 9.97 Å². The van der Waals surface area contributed by atoms with E-state index in [-0.39, 0.29) is 43.5 Å². The van der Waals surface area contributed by atoms with E-state index in [2.05, 4.69) is 20.6 Å². The Balaban J connectivity index is 1.73. The minimum Gasteiger partial charge on any atom is -0.480 e. The standard InChI is InChI=1S/C23H21Cl3N4O5S/c1-2-7-36(34,35)19-9-20(28-12-15(19)24)30-18(23(32)33)8-13-3-5-14(6-4-13)29-22(31)21-16(25)10-27-11-17(21)26/h3-6,9-12,18H,2,7-8H2,1H3,(H,28,30)(H,29,31)(H,32,33). The van der Waals surface area contributed by atoms with Crippen LogP contribution in [0.1, 0.15) is 29.3 Å². The van der Waals surface area contributed by atoms with Gasteiger partial charge in [0.15, 0.2) is 9.84 Å². The van der Waals surface area contributed by atoms with Crippen LogP contribution in [0.5, 0.6) is 0 Å². The van der Waals surface area contributed by atoms with Crippen molar-refractivity contribution in [1.29, 1.82) is 0 Å². The summed E-state index contributed by atoms with van der Waals surface area (Å²) in [5.74, 6) is -1.71. The first-order valence-electron chi connectivity index (χ1n) is 10.6. The third kappa shape index (κ3) is 6.85. The number of halogens is 3. The summed E-state index contributed by atoms with van der Waals surface area (Å²) in [6.45, 7) is 1.73. The topological polar surface area (TPSA) is 138 Å². The number of hydrogen-bond donors (Lipinski definition) is 3. The third-order valence-corrected chi connectivity index (χ3v) is 7.92. The SMILES string of the molecule is CCCS(=O)(=O)c1cc(NC(Cc2ccc(NC(=O)c3c(Cl)cncc3Cl)cc2)C(=O)O)ncc1Cl. The normalized spacial score (nSPS) is 12.1. The number of amides is 1. The molecule has 3 rings (SSSR count). The van der Waals surface area contributed by atoms with Crippen molar-refractivity contribution in [2.45, 2.75) is 30.7 Å². The summed E-state index contributed by atoms with van der Waals surface area (Å²) in [4.78, 5) is 32.1. The molecule has 1 unspecified atom stereocenters. The lowest BCUT2D eigenvalue weighted by Gasteiger charge is -2.16. The van der Waals surface area contributed by atoms with Gasteiger partial charge in [-0.3, -0.25) is 9.78 Å². The van der Waals surface area contributed by atoms with Crippen LogP contribution in [0.15, 0.2) is 53.8 Å². The molecule has 2 aromatic heterocycles. The van der Waals surface area contributed by atoms with E-state index in [4.69, 9.17) is 34.8 Å². The van der Waals surface area contributed by atoms with Gasteiger partial charge in [-0.2, -0.15) is 0 Å². The van der Waals surface area contributed by atoms with Crippen molar-refractivity contribution in [2.24, 2.45) is 0 Å². The fourth-order valence-electron chi connectivity index (χ4n) is 3.28. The number of carbonyl (C=O) groups excluding carboxylic acids is 1. The Morgan fingerprint density at radius 3 is 2.25 bits per heavy atom. The molecule has 1 atom stereocenters. The number of nitrogens with one attached hydrogen (secondary N) is 2. The molecule has 0 saturated carbocycles. The molecule has 190 valence electrons. The molecule has 0 spiro atoms. The van der Waals surface area contributed by atoms with Crippen LogP contribution in [0.3, 0.4) is 0 Å². The molecule has 0 fully saturated rings. The number of anilines is 2. The molecule has 0 saturated heterocycles. The summed E-state index contributed by atoms with van der Waals surface area (Å²) >= 11 is 18.0. The van der Waals surface area contributed by atoms with E-state index in [1.807, 2.05) is 0 Å². The van der Waals surface area contributed by atoms with E-state index in [1.165, 1.54) is 24.7 Å². The number of nitrogens with zero attached hydrogens (tertiary/aromatic N) is 2. The van der Waals surface area contributed by atoms with E-state index >= 15 is 0 Å². The lowest BCUT2D eigenvalue weighted by atomic mass is 10.1. The number of carboxylic acids is 1. The van der Waals surface area contributed by atoms with Gasteiger partial charge < -0.3 is 15.7 Å². The lowest BCUT2D eigenvalue weighted by Crippen LogP contribution is -2.32. The van der Waals surface area contributed by atoms with Crippen LogP contribution in [0.4, 0.5) is 11.5 Å². The van der Waals surface area contributed by atoms with E-state index in [0.717, 1.165) is 0 Å². The van der Waals surface area contributed by atoms with Gasteiger partial charge in [-0.15, -0.1) is 0 Å². The molecule has 3 N–H and O–H groups in total. The van der Waals surface area contributed by atoms with Crippen LogP contribution in [-0.4, -0.2) is 47.2 Å².